The largest absolute Gasteiger partial charge is 0.453 e. The second-order valence-corrected chi connectivity index (χ2v) is 3.92. The normalized spacial score (nSPS) is 10.1. The van der Waals surface area contributed by atoms with E-state index in [-0.39, 0.29) is 0 Å². The predicted octanol–water partition coefficient (Wildman–Crippen LogP) is 3.20. The van der Waals surface area contributed by atoms with Crippen LogP contribution in [0.2, 0.25) is 0 Å². The monoisotopic (exact) mass is 241 g/mol. The van der Waals surface area contributed by atoms with Crippen molar-refractivity contribution in [3.05, 3.63) is 41.2 Å². The lowest BCUT2D eigenvalue weighted by Crippen LogP contribution is -1.91. The summed E-state index contributed by atoms with van der Waals surface area (Å²) in [6.45, 7) is 4.10. The third-order valence-corrected chi connectivity index (χ3v) is 2.75. The number of rotatable bonds is 4. The summed E-state index contributed by atoms with van der Waals surface area (Å²) < 4.78 is 5.86. The first-order valence-electron chi connectivity index (χ1n) is 6.02. The van der Waals surface area contributed by atoms with E-state index in [2.05, 4.69) is 23.2 Å². The molecule has 0 unspecified atom stereocenters. The van der Waals surface area contributed by atoms with Gasteiger partial charge in [0, 0.05) is 0 Å². The molecule has 0 saturated carbocycles. The highest BCUT2D eigenvalue weighted by atomic mass is 16.5. The number of ether oxygens (including phenoxy) is 1. The molecule has 0 atom stereocenters. The van der Waals surface area contributed by atoms with Gasteiger partial charge in [-0.3, -0.25) is 5.10 Å². The minimum atomic E-state index is 0.626. The van der Waals surface area contributed by atoms with E-state index in [1.165, 1.54) is 0 Å². The van der Waals surface area contributed by atoms with Crippen molar-refractivity contribution in [3.8, 4) is 17.6 Å². The molecule has 0 amide bonds. The Bertz CT molecular complexity index is 542. The van der Waals surface area contributed by atoms with E-state index in [0.29, 0.717) is 5.56 Å². The summed E-state index contributed by atoms with van der Waals surface area (Å²) in [6.07, 6.45) is 1.67. The number of aromatic nitrogens is 2. The van der Waals surface area contributed by atoms with Crippen molar-refractivity contribution in [2.45, 2.75) is 26.7 Å². The van der Waals surface area contributed by atoms with Crippen LogP contribution in [-0.2, 0) is 12.8 Å². The zero-order valence-electron chi connectivity index (χ0n) is 10.5. The third-order valence-electron chi connectivity index (χ3n) is 2.75. The zero-order valence-corrected chi connectivity index (χ0v) is 10.5. The lowest BCUT2D eigenvalue weighted by atomic mass is 10.2. The van der Waals surface area contributed by atoms with Crippen LogP contribution in [0.25, 0.3) is 0 Å². The number of benzene rings is 1. The first kappa shape index (κ1) is 12.2. The summed E-state index contributed by atoms with van der Waals surface area (Å²) in [7, 11) is 0. The van der Waals surface area contributed by atoms with Crippen LogP contribution in [0, 0.1) is 11.3 Å². The fourth-order valence-corrected chi connectivity index (χ4v) is 1.73. The molecular weight excluding hydrogens is 226 g/mol. The van der Waals surface area contributed by atoms with E-state index in [1.54, 1.807) is 24.3 Å². The van der Waals surface area contributed by atoms with Crippen molar-refractivity contribution in [3.63, 3.8) is 0 Å². The van der Waals surface area contributed by atoms with Crippen molar-refractivity contribution in [2.24, 2.45) is 0 Å². The van der Waals surface area contributed by atoms with Crippen LogP contribution in [0.4, 0.5) is 0 Å². The number of aromatic amines is 1. The van der Waals surface area contributed by atoms with E-state index >= 15 is 0 Å². The SMILES string of the molecule is CCc1n[nH]c(CC)c1Oc1ccc(C#N)cc1. The van der Waals surface area contributed by atoms with Gasteiger partial charge in [-0.1, -0.05) is 13.8 Å². The number of nitrogens with one attached hydrogen (secondary N) is 1. The highest BCUT2D eigenvalue weighted by Crippen LogP contribution is 2.28. The summed E-state index contributed by atoms with van der Waals surface area (Å²) >= 11 is 0. The Balaban J connectivity index is 2.27. The maximum Gasteiger partial charge on any atom is 0.171 e. The smallest absolute Gasteiger partial charge is 0.171 e. The van der Waals surface area contributed by atoms with Gasteiger partial charge in [0.25, 0.3) is 0 Å². The second-order valence-electron chi connectivity index (χ2n) is 3.92. The summed E-state index contributed by atoms with van der Waals surface area (Å²) in [6, 6.07) is 9.16. The van der Waals surface area contributed by atoms with Gasteiger partial charge in [0.15, 0.2) is 5.75 Å². The number of hydrogen-bond acceptors (Lipinski definition) is 3. The fraction of sp³-hybridized carbons (Fsp3) is 0.286. The van der Waals surface area contributed by atoms with E-state index in [0.717, 1.165) is 35.7 Å². The molecule has 92 valence electrons. The molecule has 0 fully saturated rings. The quantitative estimate of drug-likeness (QED) is 0.894. The maximum atomic E-state index is 8.74. The molecule has 0 radical (unpaired) electrons. The first-order chi connectivity index (χ1) is 8.78. The van der Waals surface area contributed by atoms with Gasteiger partial charge in [0.05, 0.1) is 17.3 Å². The predicted molar refractivity (Wildman–Crippen MR) is 68.6 cm³/mol. The molecule has 0 aliphatic carbocycles. The Morgan fingerprint density at radius 3 is 2.50 bits per heavy atom. The van der Waals surface area contributed by atoms with Crippen LogP contribution in [0.5, 0.6) is 11.5 Å². The molecule has 0 spiro atoms. The molecule has 4 nitrogen and oxygen atoms in total. The van der Waals surface area contributed by atoms with Gasteiger partial charge in [0.2, 0.25) is 0 Å². The maximum absolute atomic E-state index is 8.74. The Morgan fingerprint density at radius 1 is 1.22 bits per heavy atom. The van der Waals surface area contributed by atoms with Crippen molar-refractivity contribution >= 4 is 0 Å². The summed E-state index contributed by atoms with van der Waals surface area (Å²) in [5, 5.41) is 16.0. The van der Waals surface area contributed by atoms with Gasteiger partial charge < -0.3 is 4.74 Å². The highest BCUT2D eigenvalue weighted by Gasteiger charge is 2.12. The standard InChI is InChI=1S/C14H15N3O/c1-3-12-14(13(4-2)17-16-12)18-11-7-5-10(9-15)6-8-11/h5-8H,3-4H2,1-2H3,(H,16,17). The van der Waals surface area contributed by atoms with Crippen LogP contribution >= 0.6 is 0 Å². The minimum Gasteiger partial charge on any atom is -0.453 e. The zero-order chi connectivity index (χ0) is 13.0. The van der Waals surface area contributed by atoms with Crippen LogP contribution in [0.1, 0.15) is 30.8 Å². The van der Waals surface area contributed by atoms with Crippen LogP contribution in [0.15, 0.2) is 24.3 Å². The lowest BCUT2D eigenvalue weighted by molar-refractivity contribution is 0.471. The van der Waals surface area contributed by atoms with Crippen molar-refractivity contribution in [1.82, 2.24) is 10.2 Å². The molecule has 0 aliphatic heterocycles. The molecule has 18 heavy (non-hydrogen) atoms. The van der Waals surface area contributed by atoms with Gasteiger partial charge in [0.1, 0.15) is 11.4 Å². The summed E-state index contributed by atoms with van der Waals surface area (Å²) in [4.78, 5) is 0. The van der Waals surface area contributed by atoms with Crippen molar-refractivity contribution in [2.75, 3.05) is 0 Å². The van der Waals surface area contributed by atoms with Crippen molar-refractivity contribution < 1.29 is 4.74 Å². The molecule has 1 aromatic heterocycles. The number of aryl methyl sites for hydroxylation is 2. The van der Waals surface area contributed by atoms with Gasteiger partial charge in [-0.25, -0.2) is 0 Å². The van der Waals surface area contributed by atoms with Gasteiger partial charge >= 0.3 is 0 Å². The first-order valence-corrected chi connectivity index (χ1v) is 6.02. The van der Waals surface area contributed by atoms with Crippen molar-refractivity contribution in [1.29, 1.82) is 5.26 Å². The molecule has 0 saturated heterocycles. The number of hydrogen-bond donors (Lipinski definition) is 1. The third kappa shape index (κ3) is 2.35. The topological polar surface area (TPSA) is 61.7 Å². The Kier molecular flexibility index (Phi) is 3.63. The molecule has 1 heterocycles. The van der Waals surface area contributed by atoms with E-state index < -0.39 is 0 Å². The average Bonchev–Trinajstić information content (AvgIpc) is 2.81. The summed E-state index contributed by atoms with van der Waals surface area (Å²) in [5.74, 6) is 1.53. The van der Waals surface area contributed by atoms with Gasteiger partial charge in [-0.15, -0.1) is 0 Å². The molecular formula is C14H15N3O. The second kappa shape index (κ2) is 5.37. The van der Waals surface area contributed by atoms with Gasteiger partial charge in [-0.2, -0.15) is 10.4 Å². The Labute approximate surface area is 106 Å². The molecule has 1 N–H and O–H groups in total. The minimum absolute atomic E-state index is 0.626. The molecule has 4 heteroatoms. The van der Waals surface area contributed by atoms with Gasteiger partial charge in [-0.05, 0) is 37.1 Å². The molecule has 2 rings (SSSR count). The Morgan fingerprint density at radius 2 is 1.94 bits per heavy atom. The lowest BCUT2D eigenvalue weighted by Gasteiger charge is -2.07. The van der Waals surface area contributed by atoms with E-state index in [9.17, 15) is 0 Å². The molecule has 0 bridgehead atoms. The number of nitrogens with zero attached hydrogens (tertiary/aromatic N) is 2. The number of H-pyrrole nitrogens is 1. The molecule has 2 aromatic rings. The van der Waals surface area contributed by atoms with Crippen LogP contribution in [0.3, 0.4) is 0 Å². The average molecular weight is 241 g/mol. The van der Waals surface area contributed by atoms with Crippen LogP contribution < -0.4 is 4.74 Å². The molecule has 0 aliphatic rings. The number of nitriles is 1. The molecule has 1 aromatic carbocycles. The fourth-order valence-electron chi connectivity index (χ4n) is 1.73. The highest BCUT2D eigenvalue weighted by molar-refractivity contribution is 5.40. The van der Waals surface area contributed by atoms with E-state index in [4.69, 9.17) is 10.00 Å². The van der Waals surface area contributed by atoms with Crippen LogP contribution in [-0.4, -0.2) is 10.2 Å². The van der Waals surface area contributed by atoms with E-state index in [1.807, 2.05) is 6.92 Å². The summed E-state index contributed by atoms with van der Waals surface area (Å²) in [5.41, 5.74) is 2.55. The Hall–Kier alpha value is -2.28.